The minimum absolute atomic E-state index is 0. The van der Waals surface area contributed by atoms with Crippen LogP contribution in [0.2, 0.25) is 0 Å². The monoisotopic (exact) mass is 725 g/mol. The Hall–Kier alpha value is -3.82. The van der Waals surface area contributed by atoms with E-state index in [9.17, 15) is 26.4 Å². The molecular weight excluding hydrogens is 691 g/mol. The highest BCUT2D eigenvalue weighted by atomic mass is 79.9. The molecule has 0 spiro atoms. The molecule has 2 aromatic carbocycles. The Morgan fingerprint density at radius 1 is 1.00 bits per heavy atom. The van der Waals surface area contributed by atoms with Crippen LogP contribution in [0.4, 0.5) is 18.9 Å². The zero-order valence-corrected chi connectivity index (χ0v) is 28.3. The molecule has 2 aromatic heterocycles. The van der Waals surface area contributed by atoms with E-state index in [1.54, 1.807) is 31.2 Å². The van der Waals surface area contributed by atoms with E-state index in [4.69, 9.17) is 9.47 Å². The number of benzene rings is 2. The third-order valence-corrected chi connectivity index (χ3v) is 8.94. The molecule has 4 aromatic rings. The van der Waals surface area contributed by atoms with Crippen LogP contribution in [0.3, 0.4) is 0 Å². The molecule has 0 atom stereocenters. The van der Waals surface area contributed by atoms with Crippen LogP contribution >= 0.6 is 17.0 Å². The summed E-state index contributed by atoms with van der Waals surface area (Å²) in [6, 6.07) is 15.6. The van der Waals surface area contributed by atoms with E-state index in [1.807, 2.05) is 34.7 Å². The second kappa shape index (κ2) is 13.9. The number of nitrogens with zero attached hydrogens (tertiary/aromatic N) is 5. The number of hydrogen-bond acceptors (Lipinski definition) is 7. The lowest BCUT2D eigenvalue weighted by atomic mass is 10.2. The first kappa shape index (κ1) is 35.0. The fourth-order valence-electron chi connectivity index (χ4n) is 5.17. The van der Waals surface area contributed by atoms with E-state index in [2.05, 4.69) is 9.88 Å². The lowest BCUT2D eigenvalue weighted by Crippen LogP contribution is -2.48. The summed E-state index contributed by atoms with van der Waals surface area (Å²) in [6.45, 7) is 3.46. The molecule has 1 aliphatic rings. The van der Waals surface area contributed by atoms with Crippen molar-refractivity contribution in [3.8, 4) is 17.4 Å². The second-order valence-corrected chi connectivity index (χ2v) is 13.1. The standard InChI is InChI=1S/C31H34F3N5O5S.BrH/c1-21-15-29(35-18-28(21)37(3)45(4,41)42)44-25-10-7-23-16-27(36(2)26(23)17-25)30(40)39-13-11-38(12-14-39)19-22-5-8-24(9-6-22)43-20-31(32,33)34;/h5-10,15-18H,11-14,19-20H2,1-4H3;1H. The highest BCUT2D eigenvalue weighted by molar-refractivity contribution is 8.93. The number of anilines is 1. The van der Waals surface area contributed by atoms with E-state index in [0.717, 1.165) is 27.0 Å². The Kier molecular flexibility index (Phi) is 10.6. The molecule has 46 heavy (non-hydrogen) atoms. The molecular formula is C31H35BrF3N5O5S. The predicted octanol–water partition coefficient (Wildman–Crippen LogP) is 5.55. The number of fused-ring (bicyclic) bond motifs is 1. The largest absolute Gasteiger partial charge is 0.484 e. The topological polar surface area (TPSA) is 97.2 Å². The molecule has 5 rings (SSSR count). The third-order valence-electron chi connectivity index (χ3n) is 7.74. The molecule has 0 N–H and O–H groups in total. The van der Waals surface area contributed by atoms with Gasteiger partial charge < -0.3 is 18.9 Å². The molecule has 248 valence electrons. The quantitative estimate of drug-likeness (QED) is 0.223. The van der Waals surface area contributed by atoms with E-state index in [1.165, 1.54) is 25.4 Å². The molecule has 1 fully saturated rings. The summed E-state index contributed by atoms with van der Waals surface area (Å²) in [7, 11) is -0.133. The number of carbonyl (C=O) groups excluding carboxylic acids is 1. The van der Waals surface area contributed by atoms with Gasteiger partial charge >= 0.3 is 6.18 Å². The molecule has 10 nitrogen and oxygen atoms in total. The zero-order chi connectivity index (χ0) is 32.5. The summed E-state index contributed by atoms with van der Waals surface area (Å²) >= 11 is 0. The van der Waals surface area contributed by atoms with Crippen LogP contribution in [-0.4, -0.2) is 85.9 Å². The van der Waals surface area contributed by atoms with Gasteiger partial charge in [0.15, 0.2) is 6.61 Å². The Balaban J connectivity index is 0.00000480. The van der Waals surface area contributed by atoms with Crippen LogP contribution in [-0.2, 0) is 23.6 Å². The van der Waals surface area contributed by atoms with Crippen molar-refractivity contribution in [2.75, 3.05) is 50.4 Å². The number of pyridine rings is 1. The smallest absolute Gasteiger partial charge is 0.422 e. The summed E-state index contributed by atoms with van der Waals surface area (Å²) in [5.41, 5.74) is 3.45. The molecule has 0 radical (unpaired) electrons. The van der Waals surface area contributed by atoms with Gasteiger partial charge in [-0.05, 0) is 48.4 Å². The number of aryl methyl sites for hydroxylation is 2. The SMILES string of the molecule is Br.Cc1cc(Oc2ccc3cc(C(=O)N4CCN(Cc5ccc(OCC(F)(F)F)cc5)CC4)n(C)c3c2)ncc1N(C)S(C)(=O)=O. The van der Waals surface area contributed by atoms with Crippen molar-refractivity contribution >= 4 is 49.5 Å². The van der Waals surface area contributed by atoms with Crippen molar-refractivity contribution in [3.05, 3.63) is 77.6 Å². The first-order chi connectivity index (χ1) is 21.2. The number of carbonyl (C=O) groups is 1. The Labute approximate surface area is 276 Å². The van der Waals surface area contributed by atoms with Gasteiger partial charge in [0.2, 0.25) is 15.9 Å². The summed E-state index contributed by atoms with van der Waals surface area (Å²) in [5, 5.41) is 0.878. The highest BCUT2D eigenvalue weighted by Gasteiger charge is 2.28. The van der Waals surface area contributed by atoms with Crippen molar-refractivity contribution in [2.24, 2.45) is 7.05 Å². The molecule has 0 unspecified atom stereocenters. The summed E-state index contributed by atoms with van der Waals surface area (Å²) in [4.78, 5) is 21.8. The number of ether oxygens (including phenoxy) is 2. The van der Waals surface area contributed by atoms with Gasteiger partial charge in [-0.3, -0.25) is 14.0 Å². The average molecular weight is 727 g/mol. The second-order valence-electron chi connectivity index (χ2n) is 11.1. The van der Waals surface area contributed by atoms with Crippen LogP contribution in [0, 0.1) is 6.92 Å². The van der Waals surface area contributed by atoms with Crippen LogP contribution in [0.25, 0.3) is 10.9 Å². The molecule has 1 amide bonds. The van der Waals surface area contributed by atoms with Gasteiger partial charge in [0.25, 0.3) is 5.91 Å². The van der Waals surface area contributed by atoms with E-state index >= 15 is 0 Å². The molecule has 0 aliphatic carbocycles. The maximum Gasteiger partial charge on any atom is 0.422 e. The summed E-state index contributed by atoms with van der Waals surface area (Å²) < 4.78 is 74.7. The third kappa shape index (κ3) is 8.30. The van der Waals surface area contributed by atoms with Gasteiger partial charge in [-0.15, -0.1) is 17.0 Å². The van der Waals surface area contributed by atoms with Crippen LogP contribution in [0.5, 0.6) is 17.4 Å². The summed E-state index contributed by atoms with van der Waals surface area (Å²) in [6.07, 6.45) is -1.80. The fraction of sp³-hybridized carbons (Fsp3) is 0.355. The number of sulfonamides is 1. The highest BCUT2D eigenvalue weighted by Crippen LogP contribution is 2.30. The molecule has 0 bridgehead atoms. The van der Waals surface area contributed by atoms with Gasteiger partial charge in [-0.25, -0.2) is 13.4 Å². The van der Waals surface area contributed by atoms with Crippen molar-refractivity contribution in [1.29, 1.82) is 0 Å². The van der Waals surface area contributed by atoms with E-state index in [0.29, 0.717) is 61.3 Å². The number of halogens is 4. The predicted molar refractivity (Wildman–Crippen MR) is 175 cm³/mol. The van der Waals surface area contributed by atoms with Crippen molar-refractivity contribution in [3.63, 3.8) is 0 Å². The first-order valence-electron chi connectivity index (χ1n) is 14.2. The number of aromatic nitrogens is 2. The maximum absolute atomic E-state index is 13.5. The lowest BCUT2D eigenvalue weighted by Gasteiger charge is -2.34. The van der Waals surface area contributed by atoms with Crippen molar-refractivity contribution < 1.29 is 35.9 Å². The Bertz CT molecular complexity index is 1810. The van der Waals surface area contributed by atoms with Crippen LogP contribution in [0.15, 0.2) is 60.8 Å². The number of rotatable bonds is 9. The Morgan fingerprint density at radius 3 is 2.26 bits per heavy atom. The normalized spacial score (nSPS) is 14.2. The molecule has 3 heterocycles. The van der Waals surface area contributed by atoms with Gasteiger partial charge in [0.05, 0.1) is 23.7 Å². The van der Waals surface area contributed by atoms with Gasteiger partial charge in [0, 0.05) is 64.3 Å². The van der Waals surface area contributed by atoms with E-state index in [-0.39, 0.29) is 28.6 Å². The van der Waals surface area contributed by atoms with Crippen LogP contribution in [0.1, 0.15) is 21.6 Å². The van der Waals surface area contributed by atoms with Gasteiger partial charge in [-0.2, -0.15) is 13.2 Å². The first-order valence-corrected chi connectivity index (χ1v) is 16.0. The number of alkyl halides is 3. The molecule has 0 saturated carbocycles. The number of hydrogen-bond donors (Lipinski definition) is 0. The lowest BCUT2D eigenvalue weighted by molar-refractivity contribution is -0.153. The number of amides is 1. The Morgan fingerprint density at radius 2 is 1.65 bits per heavy atom. The van der Waals surface area contributed by atoms with Crippen LogP contribution < -0.4 is 13.8 Å². The van der Waals surface area contributed by atoms with Crippen molar-refractivity contribution in [1.82, 2.24) is 19.4 Å². The zero-order valence-electron chi connectivity index (χ0n) is 25.7. The average Bonchev–Trinajstić information content (AvgIpc) is 3.31. The van der Waals surface area contributed by atoms with Gasteiger partial charge in [0.1, 0.15) is 17.2 Å². The molecule has 1 saturated heterocycles. The molecule has 15 heteroatoms. The fourth-order valence-corrected chi connectivity index (χ4v) is 5.72. The minimum atomic E-state index is -4.38. The van der Waals surface area contributed by atoms with Gasteiger partial charge in [-0.1, -0.05) is 12.1 Å². The molecule has 1 aliphatic heterocycles. The summed E-state index contributed by atoms with van der Waals surface area (Å²) in [5.74, 6) is 0.921. The minimum Gasteiger partial charge on any atom is -0.484 e. The van der Waals surface area contributed by atoms with Crippen molar-refractivity contribution in [2.45, 2.75) is 19.6 Å². The maximum atomic E-state index is 13.5. The van der Waals surface area contributed by atoms with E-state index < -0.39 is 22.8 Å². The number of piperazine rings is 1.